The van der Waals surface area contributed by atoms with E-state index in [-0.39, 0.29) is 158 Å². The van der Waals surface area contributed by atoms with Crippen LogP contribution in [0.4, 0.5) is 0 Å². The molecule has 5 aromatic heterocycles. The van der Waals surface area contributed by atoms with Gasteiger partial charge in [0.05, 0.1) is 28.8 Å². The first-order valence-electron chi connectivity index (χ1n) is 41.3. The third-order valence-electron chi connectivity index (χ3n) is 19.3. The summed E-state index contributed by atoms with van der Waals surface area (Å²) in [5, 5.41) is 54.1. The number of carbonyl (C=O) groups is 5. The summed E-state index contributed by atoms with van der Waals surface area (Å²) in [5.41, 5.74) is 25.4. The van der Waals surface area contributed by atoms with Crippen molar-refractivity contribution in [1.29, 1.82) is 0 Å². The van der Waals surface area contributed by atoms with E-state index in [1.165, 1.54) is 220 Å². The minimum atomic E-state index is -0.125. The smallest absolute Gasteiger partial charge is 0.155 e. The second kappa shape index (κ2) is 59.8. The minimum Gasteiger partial charge on any atom is -0.512 e. The van der Waals surface area contributed by atoms with E-state index in [0.29, 0.717) is 0 Å². The molecule has 0 aliphatic heterocycles. The number of aliphatic hydroxyl groups excluding tert-OH is 5. The van der Waals surface area contributed by atoms with Gasteiger partial charge in [0.2, 0.25) is 0 Å². The molecule has 0 bridgehead atoms. The fourth-order valence-corrected chi connectivity index (χ4v) is 13.4. The predicted octanol–water partition coefficient (Wildman–Crippen LogP) is 27.4. The predicted molar refractivity (Wildman–Crippen MR) is 522 cm³/mol. The van der Waals surface area contributed by atoms with Crippen LogP contribution in [-0.2, 0) is 124 Å². The summed E-state index contributed by atoms with van der Waals surface area (Å²) in [6.45, 7) is 39.6. The normalized spacial score (nSPS) is 10.6. The molecule has 5 heterocycles. The quantitative estimate of drug-likeness (QED) is 0.0485. The molecule has 10 aromatic carbocycles. The van der Waals surface area contributed by atoms with Crippen LogP contribution in [-0.4, -0.2) is 79.4 Å². The molecule has 697 valence electrons. The summed E-state index contributed by atoms with van der Waals surface area (Å²) < 4.78 is 0. The van der Waals surface area contributed by atoms with Gasteiger partial charge in [-0.05, 0) is 186 Å². The summed E-state index contributed by atoms with van der Waals surface area (Å²) in [6, 6.07) is 85.0. The van der Waals surface area contributed by atoms with Crippen molar-refractivity contribution in [3.63, 3.8) is 0 Å². The van der Waals surface area contributed by atoms with Gasteiger partial charge in [0.1, 0.15) is 0 Å². The Morgan fingerprint density at radius 2 is 0.545 bits per heavy atom. The fourth-order valence-electron chi connectivity index (χ4n) is 13.4. The summed E-state index contributed by atoms with van der Waals surface area (Å²) in [7, 11) is 0. The van der Waals surface area contributed by atoms with E-state index in [1.807, 2.05) is 97.7 Å². The molecule has 5 radical (unpaired) electrons. The van der Waals surface area contributed by atoms with Crippen LogP contribution in [0.3, 0.4) is 0 Å². The van der Waals surface area contributed by atoms with Crippen molar-refractivity contribution in [3.8, 4) is 56.3 Å². The molecule has 15 rings (SSSR count). The molecule has 0 spiro atoms. The van der Waals surface area contributed by atoms with Crippen LogP contribution >= 0.6 is 0 Å². The number of aliphatic hydroxyl groups is 5. The maximum absolute atomic E-state index is 10.0. The molecule has 20 heteroatoms. The first-order valence-corrected chi connectivity index (χ1v) is 41.3. The number of ketones is 5. The molecule has 15 aromatic rings. The van der Waals surface area contributed by atoms with Crippen LogP contribution in [0, 0.1) is 113 Å². The van der Waals surface area contributed by atoms with Gasteiger partial charge in [-0.2, -0.15) is 0 Å². The van der Waals surface area contributed by atoms with Gasteiger partial charge in [-0.25, -0.2) is 0 Å². The van der Waals surface area contributed by atoms with E-state index in [4.69, 9.17) is 25.5 Å². The summed E-state index contributed by atoms with van der Waals surface area (Å²) >= 11 is 0. The number of rotatable bonds is 10. The number of hydrogen-bond acceptors (Lipinski definition) is 15. The topological polar surface area (TPSA) is 251 Å². The van der Waals surface area contributed by atoms with Gasteiger partial charge in [-0.1, -0.05) is 198 Å². The molecule has 0 aliphatic carbocycles. The monoisotopic (exact) mass is 2650 g/mol. The molecule has 5 N–H and O–H groups in total. The molecule has 0 fully saturated rings. The number of fused-ring (bicyclic) bond motifs is 5. The van der Waals surface area contributed by atoms with Crippen molar-refractivity contribution in [2.45, 2.75) is 152 Å². The van der Waals surface area contributed by atoms with Gasteiger partial charge in [0.15, 0.2) is 28.9 Å². The third kappa shape index (κ3) is 38.4. The van der Waals surface area contributed by atoms with Crippen molar-refractivity contribution in [3.05, 3.63) is 387 Å². The Morgan fingerprint density at radius 1 is 0.250 bits per heavy atom. The zero-order valence-electron chi connectivity index (χ0n) is 78.5. The van der Waals surface area contributed by atoms with Crippen LogP contribution in [0.1, 0.15) is 136 Å². The Labute approximate surface area is 846 Å². The van der Waals surface area contributed by atoms with Crippen molar-refractivity contribution in [2.75, 3.05) is 0 Å². The number of aromatic nitrogens is 5. The molecule has 15 nitrogen and oxygen atoms in total. The number of pyridine rings is 5. The van der Waals surface area contributed by atoms with E-state index < -0.39 is 0 Å². The summed E-state index contributed by atoms with van der Waals surface area (Å²) in [6.07, 6.45) is 15.6. The third-order valence-corrected chi connectivity index (χ3v) is 19.3. The fraction of sp³-hybridized carbons (Fsp3) is 0.196. The van der Waals surface area contributed by atoms with Gasteiger partial charge >= 0.3 is 0 Å². The second-order valence-corrected chi connectivity index (χ2v) is 30.8. The van der Waals surface area contributed by atoms with Gasteiger partial charge in [-0.3, -0.25) is 24.0 Å². The molecule has 0 amide bonds. The SMILES string of the molecule is CC(=O)C=C(C)O.CC(=O)C=C(C)O.CC(=O)C=C(C)O.CC(=O)C=C(C)O.CC(=O)C=C(C)O.Cc1c[c-]c(-c2ncc3ccccc3c2C)c(C)c1.Cc1c[c-]c(-c2ncc3ccccc3c2C)cc1.Cc1cc[c-]c(-c2ncc3ccccc3c2C)c1.Cc1cc[c-]c(-c2ncc3ccccc3c2C)c1C.Cc1ccc[c-]c1-c1ncc2ccccc2c1C.[Ir].[Ir].[Ir].[Ir].[Ir]. The van der Waals surface area contributed by atoms with Crippen molar-refractivity contribution in [2.24, 2.45) is 0 Å². The Morgan fingerprint density at radius 3 is 0.848 bits per heavy atom. The van der Waals surface area contributed by atoms with Crippen LogP contribution in [0.2, 0.25) is 0 Å². The van der Waals surface area contributed by atoms with E-state index in [2.05, 4.69) is 272 Å². The molecular weight excluding hydrogens is 2540 g/mol. The first-order chi connectivity index (χ1) is 60.3. The van der Waals surface area contributed by atoms with Gasteiger partial charge in [0, 0.05) is 162 Å². The van der Waals surface area contributed by atoms with Crippen molar-refractivity contribution >= 4 is 82.8 Å². The Balaban J connectivity index is 0.000000751. The minimum absolute atomic E-state index is 0. The van der Waals surface area contributed by atoms with Gasteiger partial charge in [-0.15, -0.1) is 176 Å². The zero-order valence-corrected chi connectivity index (χ0v) is 90.5. The van der Waals surface area contributed by atoms with Crippen molar-refractivity contribution < 1.29 is 150 Å². The maximum atomic E-state index is 10.0. The zero-order chi connectivity index (χ0) is 93.7. The van der Waals surface area contributed by atoms with Crippen LogP contribution in [0.25, 0.3) is 110 Å². The molecule has 0 saturated carbocycles. The Bertz CT molecular complexity index is 6380. The Kier molecular flexibility index (Phi) is 53.8. The number of carbonyl (C=O) groups excluding carboxylic acids is 5. The number of allylic oxidation sites excluding steroid dienone is 10. The van der Waals surface area contributed by atoms with Crippen LogP contribution in [0.15, 0.2) is 290 Å². The molecule has 0 saturated heterocycles. The van der Waals surface area contributed by atoms with E-state index >= 15 is 0 Å². The van der Waals surface area contributed by atoms with Gasteiger partial charge < -0.3 is 50.5 Å². The molecule has 0 aliphatic rings. The standard InChI is InChI=1S/2C18H16N.3C17H14N.5C5H8O2.5Ir/c1-12-7-6-10-17(13(12)2)18-14(3)16-9-5-4-8-15(16)11-19-18;1-12-8-9-16(13(2)10-12)18-14(3)17-7-5-4-6-15(17)11-19-18;1-12-7-3-5-9-15(12)17-13(2)16-10-6-4-8-14(16)11-18-17;1-12-6-5-8-14(10-12)17-13(2)16-9-4-3-7-15(16)11-18-17;1-12-7-9-14(10-8-12)17-13(2)16-6-4-3-5-15(16)11-18-17;5*1-4(6)3-5(2)7;;;;;/h4-9,11H,1-3H3;4-8,10-11H,1-3H3;3-8,10-11H,1-2H3;3-7,9-11H,1-2H3;3-9,11H,1-2H3;5*3,6H,1-2H3;;;;;/q5*-1;;;;;;;;;;. The van der Waals surface area contributed by atoms with E-state index in [0.717, 1.165) is 56.3 Å². The molecular formula is C112H114Ir5N5O10-5. The number of benzene rings is 10. The number of nitrogens with zero attached hydrogens (tertiary/aromatic N) is 5. The average Bonchev–Trinajstić information content (AvgIpc) is 0.795. The molecule has 0 unspecified atom stereocenters. The van der Waals surface area contributed by atoms with Crippen LogP contribution < -0.4 is 0 Å². The van der Waals surface area contributed by atoms with Crippen molar-refractivity contribution in [1.82, 2.24) is 24.9 Å². The Hall–Kier alpha value is -11.5. The molecule has 132 heavy (non-hydrogen) atoms. The van der Waals surface area contributed by atoms with Gasteiger partial charge in [0.25, 0.3) is 0 Å². The van der Waals surface area contributed by atoms with E-state index in [1.54, 1.807) is 0 Å². The second-order valence-electron chi connectivity index (χ2n) is 30.8. The largest absolute Gasteiger partial charge is 0.512 e. The first kappa shape index (κ1) is 119. The summed E-state index contributed by atoms with van der Waals surface area (Å²) in [4.78, 5) is 73.1. The number of hydrogen-bond donors (Lipinski definition) is 5. The summed E-state index contributed by atoms with van der Waals surface area (Å²) in [5.74, 6) is -0.312. The number of aryl methyl sites for hydroxylation is 11. The maximum Gasteiger partial charge on any atom is 0.155 e. The average molecular weight is 2650 g/mol. The molecule has 0 atom stereocenters. The van der Waals surface area contributed by atoms with Crippen LogP contribution in [0.5, 0.6) is 0 Å². The van der Waals surface area contributed by atoms with E-state index in [9.17, 15) is 24.0 Å².